The third kappa shape index (κ3) is 3.20. The van der Waals surface area contributed by atoms with Gasteiger partial charge in [-0.2, -0.15) is 0 Å². The minimum absolute atomic E-state index is 0.0668. The first-order chi connectivity index (χ1) is 16.1. The number of nitrogens with zero attached hydrogens (tertiary/aromatic N) is 4. The zero-order valence-corrected chi connectivity index (χ0v) is 17.5. The lowest BCUT2D eigenvalue weighted by Crippen LogP contribution is -2.24. The highest BCUT2D eigenvalue weighted by molar-refractivity contribution is 6.06. The fourth-order valence-electron chi connectivity index (χ4n) is 4.52. The van der Waals surface area contributed by atoms with Crippen molar-refractivity contribution in [1.82, 2.24) is 19.7 Å². The molecule has 2 N–H and O–H groups in total. The Morgan fingerprint density at radius 1 is 1.12 bits per heavy atom. The minimum Gasteiger partial charge on any atom is -0.348 e. The normalized spacial score (nSPS) is 15.2. The molecule has 9 heteroatoms. The van der Waals surface area contributed by atoms with Crippen LogP contribution in [0.1, 0.15) is 28.8 Å². The van der Waals surface area contributed by atoms with Crippen LogP contribution in [0.25, 0.3) is 16.9 Å². The Labute approximate surface area is 188 Å². The molecule has 33 heavy (non-hydrogen) atoms. The molecule has 1 fully saturated rings. The molecule has 0 atom stereocenters. The van der Waals surface area contributed by atoms with Crippen molar-refractivity contribution in [3.05, 3.63) is 71.8 Å². The average molecular weight is 442 g/mol. The van der Waals surface area contributed by atoms with E-state index in [9.17, 15) is 14.0 Å². The van der Waals surface area contributed by atoms with Crippen LogP contribution in [0, 0.1) is 5.82 Å². The molecule has 4 aromatic rings. The molecule has 0 radical (unpaired) electrons. The van der Waals surface area contributed by atoms with Crippen LogP contribution in [0.5, 0.6) is 0 Å². The number of aromatic nitrogens is 3. The van der Waals surface area contributed by atoms with Gasteiger partial charge in [-0.05, 0) is 36.2 Å². The molecule has 8 nitrogen and oxygen atoms in total. The molecule has 2 amide bonds. The number of halogens is 1. The summed E-state index contributed by atoms with van der Waals surface area (Å²) in [5.74, 6) is 0.675. The van der Waals surface area contributed by atoms with Crippen LogP contribution in [-0.4, -0.2) is 32.7 Å². The summed E-state index contributed by atoms with van der Waals surface area (Å²) in [5, 5.41) is 6.14. The highest BCUT2D eigenvalue weighted by atomic mass is 19.1. The summed E-state index contributed by atoms with van der Waals surface area (Å²) in [6, 6.07) is 11.9. The van der Waals surface area contributed by atoms with E-state index in [1.165, 1.54) is 12.1 Å². The van der Waals surface area contributed by atoms with Gasteiger partial charge in [0.05, 0.1) is 23.1 Å². The maximum absolute atomic E-state index is 13.6. The predicted octanol–water partition coefficient (Wildman–Crippen LogP) is 3.65. The molecular formula is C24H19FN6O2. The van der Waals surface area contributed by atoms with Crippen molar-refractivity contribution in [3.8, 4) is 11.3 Å². The van der Waals surface area contributed by atoms with Crippen molar-refractivity contribution in [2.45, 2.75) is 19.4 Å². The Bertz CT molecular complexity index is 1450. The second-order valence-electron chi connectivity index (χ2n) is 8.07. The van der Waals surface area contributed by atoms with Crippen LogP contribution in [0.2, 0.25) is 0 Å². The number of nitrogens with one attached hydrogen (secondary N) is 2. The number of hydrogen-bond acceptors (Lipinski definition) is 5. The Kier molecular flexibility index (Phi) is 4.36. The molecule has 0 unspecified atom stereocenters. The molecule has 164 valence electrons. The lowest BCUT2D eigenvalue weighted by molar-refractivity contribution is -0.117. The van der Waals surface area contributed by atoms with Gasteiger partial charge < -0.3 is 10.6 Å². The molecule has 2 aliphatic heterocycles. The van der Waals surface area contributed by atoms with Crippen LogP contribution < -0.4 is 15.5 Å². The van der Waals surface area contributed by atoms with E-state index in [2.05, 4.69) is 20.6 Å². The number of carbonyl (C=O) groups excluding carboxylic acids is 2. The summed E-state index contributed by atoms with van der Waals surface area (Å²) < 4.78 is 15.4. The third-order valence-corrected chi connectivity index (χ3v) is 6.06. The van der Waals surface area contributed by atoms with Gasteiger partial charge >= 0.3 is 0 Å². The Hall–Kier alpha value is -4.27. The van der Waals surface area contributed by atoms with Crippen molar-refractivity contribution in [1.29, 1.82) is 0 Å². The summed E-state index contributed by atoms with van der Waals surface area (Å²) in [6.07, 6.45) is 4.66. The van der Waals surface area contributed by atoms with E-state index < -0.39 is 0 Å². The number of fused-ring (bicyclic) bond motifs is 2. The summed E-state index contributed by atoms with van der Waals surface area (Å²) in [5.41, 5.74) is 4.11. The molecule has 0 spiro atoms. The lowest BCUT2D eigenvalue weighted by atomic mass is 9.99. The van der Waals surface area contributed by atoms with Gasteiger partial charge in [0.2, 0.25) is 5.91 Å². The van der Waals surface area contributed by atoms with Gasteiger partial charge in [0.15, 0.2) is 0 Å². The third-order valence-electron chi connectivity index (χ3n) is 6.06. The number of rotatable bonds is 4. The van der Waals surface area contributed by atoms with E-state index >= 15 is 0 Å². The van der Waals surface area contributed by atoms with Crippen LogP contribution in [-0.2, 0) is 11.3 Å². The van der Waals surface area contributed by atoms with Gasteiger partial charge in [-0.25, -0.2) is 14.4 Å². The van der Waals surface area contributed by atoms with E-state index in [-0.39, 0.29) is 17.6 Å². The topological polar surface area (TPSA) is 91.6 Å². The van der Waals surface area contributed by atoms with E-state index in [4.69, 9.17) is 0 Å². The smallest absolute Gasteiger partial charge is 0.254 e. The fourth-order valence-corrected chi connectivity index (χ4v) is 4.52. The SMILES string of the molecule is O=C1NCc2c(-c3cnc4cc(F)ccn34)ccc(Nc3cccc(N4CCCC4=O)n3)c21. The molecule has 1 aromatic carbocycles. The molecule has 3 aromatic heterocycles. The lowest BCUT2D eigenvalue weighted by Gasteiger charge is -2.17. The summed E-state index contributed by atoms with van der Waals surface area (Å²) >= 11 is 0. The van der Waals surface area contributed by atoms with Crippen LogP contribution in [0.3, 0.4) is 0 Å². The van der Waals surface area contributed by atoms with Crippen molar-refractivity contribution in [2.24, 2.45) is 0 Å². The number of benzene rings is 1. The van der Waals surface area contributed by atoms with E-state index in [1.807, 2.05) is 24.3 Å². The number of carbonyl (C=O) groups is 2. The number of anilines is 3. The highest BCUT2D eigenvalue weighted by Crippen LogP contribution is 2.35. The highest BCUT2D eigenvalue weighted by Gasteiger charge is 2.28. The van der Waals surface area contributed by atoms with Crippen molar-refractivity contribution in [2.75, 3.05) is 16.8 Å². The molecule has 0 saturated carbocycles. The summed E-state index contributed by atoms with van der Waals surface area (Å²) in [6.45, 7) is 1.04. The average Bonchev–Trinajstić information content (AvgIpc) is 3.53. The summed E-state index contributed by atoms with van der Waals surface area (Å²) in [7, 11) is 0. The van der Waals surface area contributed by atoms with Crippen molar-refractivity contribution >= 4 is 34.8 Å². The molecule has 0 bridgehead atoms. The number of imidazole rings is 1. The van der Waals surface area contributed by atoms with Gasteiger partial charge in [0.25, 0.3) is 5.91 Å². The maximum atomic E-state index is 13.6. The standard InChI is InChI=1S/C24H19FN6O2/c25-14-8-10-30-18(13-26-21(30)11-14)15-6-7-17(23-16(15)12-27-24(23)33)28-19-3-1-4-20(29-19)31-9-2-5-22(31)32/h1,3-4,6-8,10-11,13H,2,5,9,12H2,(H,27,33)(H,28,29). The molecule has 5 heterocycles. The zero-order valence-electron chi connectivity index (χ0n) is 17.5. The first-order valence-corrected chi connectivity index (χ1v) is 10.7. The molecule has 1 saturated heterocycles. The van der Waals surface area contributed by atoms with Crippen LogP contribution >= 0.6 is 0 Å². The second-order valence-corrected chi connectivity index (χ2v) is 8.07. The van der Waals surface area contributed by atoms with Gasteiger partial charge in [0, 0.05) is 37.3 Å². The first kappa shape index (κ1) is 19.4. The van der Waals surface area contributed by atoms with Gasteiger partial charge in [0.1, 0.15) is 23.1 Å². The Morgan fingerprint density at radius 2 is 2.03 bits per heavy atom. The van der Waals surface area contributed by atoms with Gasteiger partial charge in [-0.15, -0.1) is 0 Å². The fraction of sp³-hybridized carbons (Fsp3) is 0.167. The Balaban J connectivity index is 1.39. The van der Waals surface area contributed by atoms with Crippen LogP contribution in [0.4, 0.5) is 21.7 Å². The van der Waals surface area contributed by atoms with E-state index in [0.29, 0.717) is 48.0 Å². The second kappa shape index (κ2) is 7.40. The van der Waals surface area contributed by atoms with E-state index in [0.717, 1.165) is 23.2 Å². The van der Waals surface area contributed by atoms with Gasteiger partial charge in [-0.1, -0.05) is 12.1 Å². The predicted molar refractivity (Wildman–Crippen MR) is 121 cm³/mol. The first-order valence-electron chi connectivity index (χ1n) is 10.7. The minimum atomic E-state index is -0.355. The zero-order chi connectivity index (χ0) is 22.5. The van der Waals surface area contributed by atoms with E-state index in [1.54, 1.807) is 27.8 Å². The summed E-state index contributed by atoms with van der Waals surface area (Å²) in [4.78, 5) is 35.4. The Morgan fingerprint density at radius 3 is 2.88 bits per heavy atom. The maximum Gasteiger partial charge on any atom is 0.254 e. The van der Waals surface area contributed by atoms with Crippen molar-refractivity contribution < 1.29 is 14.0 Å². The van der Waals surface area contributed by atoms with Crippen LogP contribution in [0.15, 0.2) is 54.9 Å². The largest absolute Gasteiger partial charge is 0.348 e. The van der Waals surface area contributed by atoms with Gasteiger partial charge in [-0.3, -0.25) is 18.9 Å². The number of hydrogen-bond donors (Lipinski definition) is 2. The molecule has 6 rings (SSSR count). The molecular weight excluding hydrogens is 423 g/mol. The quantitative estimate of drug-likeness (QED) is 0.504. The molecule has 2 aliphatic rings. The monoisotopic (exact) mass is 442 g/mol. The molecule has 0 aliphatic carbocycles. The van der Waals surface area contributed by atoms with Crippen molar-refractivity contribution in [3.63, 3.8) is 0 Å². The number of pyridine rings is 2. The number of amides is 2.